The number of nitrogens with zero attached hydrogens (tertiary/aromatic N) is 1. The highest BCUT2D eigenvalue weighted by Gasteiger charge is 2.31. The molecule has 0 saturated heterocycles. The Hall–Kier alpha value is -1.58. The van der Waals surface area contributed by atoms with E-state index in [1.165, 1.54) is 5.56 Å². The molecule has 80 valence electrons. The molecule has 0 atom stereocenters. The first-order valence-electron chi connectivity index (χ1n) is 4.88. The predicted molar refractivity (Wildman–Crippen MR) is 60.0 cm³/mol. The van der Waals surface area contributed by atoms with Crippen molar-refractivity contribution in [3.05, 3.63) is 22.6 Å². The fraction of sp³-hybridized carbons (Fsp3) is 0.455. The van der Waals surface area contributed by atoms with Crippen LogP contribution in [-0.2, 0) is 5.41 Å². The standard InChI is InChI=1S/C11H14N2O2/c1-11(2)6-12-8-5-9(13-14)10(15-3)4-7(8)11/h4-5,12H,6H2,1-3H3. The molecule has 4 heteroatoms. The first-order chi connectivity index (χ1) is 7.08. The van der Waals surface area contributed by atoms with Crippen LogP contribution in [0.4, 0.5) is 11.4 Å². The number of rotatable bonds is 2. The van der Waals surface area contributed by atoms with Crippen molar-refractivity contribution in [1.82, 2.24) is 0 Å². The van der Waals surface area contributed by atoms with Gasteiger partial charge in [0.1, 0.15) is 5.75 Å². The Balaban J connectivity index is 2.59. The Labute approximate surface area is 88.6 Å². The Morgan fingerprint density at radius 2 is 2.20 bits per heavy atom. The maximum Gasteiger partial charge on any atom is 0.151 e. The van der Waals surface area contributed by atoms with E-state index in [9.17, 15) is 4.91 Å². The minimum Gasteiger partial charge on any atom is -0.494 e. The normalized spacial score (nSPS) is 16.7. The van der Waals surface area contributed by atoms with Gasteiger partial charge in [-0.3, -0.25) is 0 Å². The first-order valence-corrected chi connectivity index (χ1v) is 4.88. The highest BCUT2D eigenvalue weighted by atomic mass is 16.5. The van der Waals surface area contributed by atoms with Crippen LogP contribution in [0, 0.1) is 4.91 Å². The molecule has 1 N–H and O–H groups in total. The van der Waals surface area contributed by atoms with Crippen LogP contribution in [0.25, 0.3) is 0 Å². The third-order valence-corrected chi connectivity index (χ3v) is 2.87. The molecule has 0 saturated carbocycles. The van der Waals surface area contributed by atoms with Gasteiger partial charge in [-0.25, -0.2) is 0 Å². The van der Waals surface area contributed by atoms with Crippen molar-refractivity contribution >= 4 is 11.4 Å². The molecule has 4 nitrogen and oxygen atoms in total. The number of hydrogen-bond acceptors (Lipinski definition) is 4. The Bertz CT molecular complexity index is 413. The zero-order valence-corrected chi connectivity index (χ0v) is 9.13. The van der Waals surface area contributed by atoms with Crippen molar-refractivity contribution in [2.75, 3.05) is 19.0 Å². The third kappa shape index (κ3) is 1.46. The molecule has 1 aromatic rings. The second-order valence-corrected chi connectivity index (χ2v) is 4.40. The van der Waals surface area contributed by atoms with Crippen LogP contribution in [0.1, 0.15) is 19.4 Å². The lowest BCUT2D eigenvalue weighted by atomic mass is 9.87. The number of anilines is 1. The van der Waals surface area contributed by atoms with Crippen LogP contribution in [0.5, 0.6) is 5.75 Å². The smallest absolute Gasteiger partial charge is 0.151 e. The fourth-order valence-corrected chi connectivity index (χ4v) is 1.92. The van der Waals surface area contributed by atoms with E-state index in [0.717, 1.165) is 12.2 Å². The van der Waals surface area contributed by atoms with Gasteiger partial charge in [-0.15, -0.1) is 4.91 Å². The summed E-state index contributed by atoms with van der Waals surface area (Å²) in [5.74, 6) is 0.542. The van der Waals surface area contributed by atoms with Crippen LogP contribution in [-0.4, -0.2) is 13.7 Å². The van der Waals surface area contributed by atoms with Gasteiger partial charge in [-0.05, 0) is 22.9 Å². The molecule has 0 amide bonds. The minimum atomic E-state index is 0.0734. The molecule has 2 rings (SSSR count). The van der Waals surface area contributed by atoms with Gasteiger partial charge in [-0.1, -0.05) is 13.8 Å². The molecule has 1 heterocycles. The summed E-state index contributed by atoms with van der Waals surface area (Å²) in [5, 5.41) is 6.21. The molecule has 0 unspecified atom stereocenters. The van der Waals surface area contributed by atoms with Crippen molar-refractivity contribution < 1.29 is 4.74 Å². The van der Waals surface area contributed by atoms with Gasteiger partial charge < -0.3 is 10.1 Å². The summed E-state index contributed by atoms with van der Waals surface area (Å²) in [4.78, 5) is 10.6. The number of fused-ring (bicyclic) bond motifs is 1. The highest BCUT2D eigenvalue weighted by Crippen LogP contribution is 2.42. The summed E-state index contributed by atoms with van der Waals surface area (Å²) in [7, 11) is 1.55. The van der Waals surface area contributed by atoms with E-state index < -0.39 is 0 Å². The molecule has 0 spiro atoms. The molecule has 0 fully saturated rings. The monoisotopic (exact) mass is 206 g/mol. The number of benzene rings is 1. The van der Waals surface area contributed by atoms with Crippen molar-refractivity contribution in [2.45, 2.75) is 19.3 Å². The van der Waals surface area contributed by atoms with E-state index in [2.05, 4.69) is 24.3 Å². The summed E-state index contributed by atoms with van der Waals surface area (Å²) in [6, 6.07) is 3.64. The second kappa shape index (κ2) is 3.22. The molecular formula is C11H14N2O2. The van der Waals surface area contributed by atoms with Crippen LogP contribution in [0.15, 0.2) is 17.3 Å². The molecule has 15 heavy (non-hydrogen) atoms. The SMILES string of the molecule is COc1cc2c(cc1N=O)NCC2(C)C. The van der Waals surface area contributed by atoms with Gasteiger partial charge in [0.15, 0.2) is 5.69 Å². The summed E-state index contributed by atoms with van der Waals surface area (Å²) < 4.78 is 5.13. The molecule has 0 radical (unpaired) electrons. The quantitative estimate of drug-likeness (QED) is 0.757. The van der Waals surface area contributed by atoms with Crippen LogP contribution >= 0.6 is 0 Å². The van der Waals surface area contributed by atoms with Gasteiger partial charge in [0.2, 0.25) is 0 Å². The van der Waals surface area contributed by atoms with Crippen LogP contribution < -0.4 is 10.1 Å². The zero-order valence-electron chi connectivity index (χ0n) is 9.13. The number of methoxy groups -OCH3 is 1. The van der Waals surface area contributed by atoms with Gasteiger partial charge in [0.25, 0.3) is 0 Å². The van der Waals surface area contributed by atoms with E-state index in [1.807, 2.05) is 6.07 Å². The summed E-state index contributed by atoms with van der Waals surface area (Å²) in [6.45, 7) is 5.17. The van der Waals surface area contributed by atoms with E-state index in [-0.39, 0.29) is 5.41 Å². The molecule has 0 aromatic heterocycles. The maximum atomic E-state index is 10.6. The van der Waals surface area contributed by atoms with E-state index >= 15 is 0 Å². The maximum absolute atomic E-state index is 10.6. The van der Waals surface area contributed by atoms with Crippen LogP contribution in [0.3, 0.4) is 0 Å². The summed E-state index contributed by atoms with van der Waals surface area (Å²) >= 11 is 0. The van der Waals surface area contributed by atoms with Gasteiger partial charge in [0, 0.05) is 17.6 Å². The number of nitroso groups, excluding NO2 is 1. The minimum absolute atomic E-state index is 0.0734. The average molecular weight is 206 g/mol. The Morgan fingerprint density at radius 3 is 2.80 bits per heavy atom. The largest absolute Gasteiger partial charge is 0.494 e. The van der Waals surface area contributed by atoms with Crippen molar-refractivity contribution in [3.8, 4) is 5.75 Å². The number of hydrogen-bond donors (Lipinski definition) is 1. The van der Waals surface area contributed by atoms with E-state index in [0.29, 0.717) is 11.4 Å². The third-order valence-electron chi connectivity index (χ3n) is 2.87. The van der Waals surface area contributed by atoms with E-state index in [4.69, 9.17) is 4.74 Å². The summed E-state index contributed by atoms with van der Waals surface area (Å²) in [6.07, 6.45) is 0. The van der Waals surface area contributed by atoms with Crippen molar-refractivity contribution in [1.29, 1.82) is 0 Å². The number of nitrogens with one attached hydrogen (secondary N) is 1. The highest BCUT2D eigenvalue weighted by molar-refractivity contribution is 5.70. The molecule has 1 aromatic carbocycles. The Kier molecular flexibility index (Phi) is 2.14. The van der Waals surface area contributed by atoms with Gasteiger partial charge >= 0.3 is 0 Å². The molecule has 0 aliphatic carbocycles. The first kappa shape index (κ1) is 9.96. The lowest BCUT2D eigenvalue weighted by Gasteiger charge is -2.17. The molecular weight excluding hydrogens is 192 g/mol. The lowest BCUT2D eigenvalue weighted by Crippen LogP contribution is -2.18. The predicted octanol–water partition coefficient (Wildman–Crippen LogP) is 2.80. The fourth-order valence-electron chi connectivity index (χ4n) is 1.92. The van der Waals surface area contributed by atoms with E-state index in [1.54, 1.807) is 13.2 Å². The molecule has 1 aliphatic heterocycles. The zero-order chi connectivity index (χ0) is 11.1. The number of ether oxygens (including phenoxy) is 1. The Morgan fingerprint density at radius 1 is 1.47 bits per heavy atom. The van der Waals surface area contributed by atoms with Gasteiger partial charge in [0.05, 0.1) is 7.11 Å². The van der Waals surface area contributed by atoms with Crippen molar-refractivity contribution in [3.63, 3.8) is 0 Å². The molecule has 1 aliphatic rings. The van der Waals surface area contributed by atoms with Crippen LogP contribution in [0.2, 0.25) is 0 Å². The molecule has 0 bridgehead atoms. The lowest BCUT2D eigenvalue weighted by molar-refractivity contribution is 0.414. The van der Waals surface area contributed by atoms with Gasteiger partial charge in [-0.2, -0.15) is 0 Å². The summed E-state index contributed by atoms with van der Waals surface area (Å²) in [5.41, 5.74) is 2.58. The van der Waals surface area contributed by atoms with Crippen molar-refractivity contribution in [2.24, 2.45) is 5.18 Å². The average Bonchev–Trinajstić information content (AvgIpc) is 2.52. The topological polar surface area (TPSA) is 50.7 Å². The second-order valence-electron chi connectivity index (χ2n) is 4.40.